The van der Waals surface area contributed by atoms with Crippen LogP contribution in [0.1, 0.15) is 5.56 Å². The zero-order chi connectivity index (χ0) is 8.27. The quantitative estimate of drug-likeness (QED) is 0.664. The summed E-state index contributed by atoms with van der Waals surface area (Å²) in [5.41, 5.74) is 6.47. The van der Waals surface area contributed by atoms with Crippen LogP contribution in [0.15, 0.2) is 6.20 Å². The second kappa shape index (κ2) is 3.39. The molecule has 1 heterocycles. The molecule has 0 spiro atoms. The average Bonchev–Trinajstić information content (AvgIpc) is 2.32. The molecule has 62 valence electrons. The zero-order valence-electron chi connectivity index (χ0n) is 6.87. The fourth-order valence-corrected chi connectivity index (χ4v) is 1.02. The number of hydrogen-bond acceptors (Lipinski definition) is 3. The van der Waals surface area contributed by atoms with Gasteiger partial charge in [0, 0.05) is 18.8 Å². The highest BCUT2D eigenvalue weighted by molar-refractivity contribution is 5.23. The Balaban J connectivity index is 2.83. The molecule has 1 rings (SSSR count). The maximum absolute atomic E-state index is 5.40. The van der Waals surface area contributed by atoms with E-state index >= 15 is 0 Å². The second-order valence-corrected chi connectivity index (χ2v) is 2.38. The lowest BCUT2D eigenvalue weighted by atomic mass is 10.2. The molecular formula is C7H13N3O. The second-order valence-electron chi connectivity index (χ2n) is 2.38. The maximum Gasteiger partial charge on any atom is 0.235 e. The molecule has 1 aromatic rings. The van der Waals surface area contributed by atoms with Crippen molar-refractivity contribution in [2.45, 2.75) is 6.42 Å². The van der Waals surface area contributed by atoms with Crippen molar-refractivity contribution in [2.24, 2.45) is 12.8 Å². The van der Waals surface area contributed by atoms with Crippen molar-refractivity contribution in [3.8, 4) is 5.88 Å². The summed E-state index contributed by atoms with van der Waals surface area (Å²) in [6.45, 7) is 0.627. The van der Waals surface area contributed by atoms with Crippen LogP contribution in [0.4, 0.5) is 0 Å². The standard InChI is InChI=1S/C7H13N3O/c1-10-5-6(3-4-8)7(9-10)11-2/h5H,3-4,8H2,1-2H3. The molecule has 0 aromatic carbocycles. The Hall–Kier alpha value is -1.03. The number of aromatic nitrogens is 2. The van der Waals surface area contributed by atoms with Crippen LogP contribution < -0.4 is 10.5 Å². The molecule has 0 aliphatic carbocycles. The SMILES string of the molecule is COc1nn(C)cc1CCN. The summed E-state index contributed by atoms with van der Waals surface area (Å²) >= 11 is 0. The lowest BCUT2D eigenvalue weighted by molar-refractivity contribution is 0.388. The number of aryl methyl sites for hydroxylation is 1. The van der Waals surface area contributed by atoms with Gasteiger partial charge in [0.15, 0.2) is 0 Å². The van der Waals surface area contributed by atoms with E-state index in [1.54, 1.807) is 11.8 Å². The van der Waals surface area contributed by atoms with Gasteiger partial charge in [0.1, 0.15) is 0 Å². The molecular weight excluding hydrogens is 142 g/mol. The number of hydrogen-bond donors (Lipinski definition) is 1. The first-order valence-corrected chi connectivity index (χ1v) is 3.54. The molecule has 11 heavy (non-hydrogen) atoms. The molecule has 0 radical (unpaired) electrons. The van der Waals surface area contributed by atoms with Gasteiger partial charge in [-0.1, -0.05) is 0 Å². The van der Waals surface area contributed by atoms with Gasteiger partial charge >= 0.3 is 0 Å². The molecule has 2 N–H and O–H groups in total. The van der Waals surface area contributed by atoms with Gasteiger partial charge in [-0.25, -0.2) is 0 Å². The van der Waals surface area contributed by atoms with Crippen LogP contribution in [0.25, 0.3) is 0 Å². The number of rotatable bonds is 3. The van der Waals surface area contributed by atoms with Crippen LogP contribution in [0.5, 0.6) is 5.88 Å². The van der Waals surface area contributed by atoms with E-state index in [0.29, 0.717) is 12.4 Å². The first kappa shape index (κ1) is 8.07. The third kappa shape index (κ3) is 1.71. The summed E-state index contributed by atoms with van der Waals surface area (Å²) in [6, 6.07) is 0. The molecule has 0 atom stereocenters. The smallest absolute Gasteiger partial charge is 0.235 e. The largest absolute Gasteiger partial charge is 0.480 e. The average molecular weight is 155 g/mol. The Kier molecular flexibility index (Phi) is 2.48. The van der Waals surface area contributed by atoms with E-state index in [0.717, 1.165) is 12.0 Å². The monoisotopic (exact) mass is 155 g/mol. The highest BCUT2D eigenvalue weighted by atomic mass is 16.5. The number of ether oxygens (including phenoxy) is 1. The molecule has 0 aliphatic heterocycles. The Morgan fingerprint density at radius 3 is 3.00 bits per heavy atom. The normalized spacial score (nSPS) is 10.1. The number of nitrogens with two attached hydrogens (primary N) is 1. The van der Waals surface area contributed by atoms with Gasteiger partial charge in [-0.2, -0.15) is 0 Å². The Morgan fingerprint density at radius 2 is 2.45 bits per heavy atom. The molecule has 0 saturated carbocycles. The molecule has 0 fully saturated rings. The molecule has 0 saturated heterocycles. The van der Waals surface area contributed by atoms with E-state index in [1.165, 1.54) is 0 Å². The topological polar surface area (TPSA) is 53.1 Å². The third-order valence-corrected chi connectivity index (χ3v) is 1.47. The molecule has 0 bridgehead atoms. The van der Waals surface area contributed by atoms with Crippen molar-refractivity contribution >= 4 is 0 Å². The fraction of sp³-hybridized carbons (Fsp3) is 0.571. The van der Waals surface area contributed by atoms with Crippen LogP contribution >= 0.6 is 0 Å². The Bertz CT molecular complexity index is 232. The van der Waals surface area contributed by atoms with E-state index in [1.807, 2.05) is 13.2 Å². The highest BCUT2D eigenvalue weighted by Gasteiger charge is 2.05. The van der Waals surface area contributed by atoms with Crippen molar-refractivity contribution in [1.82, 2.24) is 9.78 Å². The summed E-state index contributed by atoms with van der Waals surface area (Å²) in [4.78, 5) is 0. The predicted molar refractivity (Wildman–Crippen MR) is 42.5 cm³/mol. The van der Waals surface area contributed by atoms with Gasteiger partial charge in [-0.3, -0.25) is 4.68 Å². The molecule has 4 heteroatoms. The van der Waals surface area contributed by atoms with Crippen molar-refractivity contribution in [3.63, 3.8) is 0 Å². The fourth-order valence-electron chi connectivity index (χ4n) is 1.02. The first-order chi connectivity index (χ1) is 5.27. The maximum atomic E-state index is 5.40. The van der Waals surface area contributed by atoms with Crippen LogP contribution in [-0.2, 0) is 13.5 Å². The highest BCUT2D eigenvalue weighted by Crippen LogP contribution is 2.14. The van der Waals surface area contributed by atoms with Crippen molar-refractivity contribution in [2.75, 3.05) is 13.7 Å². The van der Waals surface area contributed by atoms with E-state index in [2.05, 4.69) is 5.10 Å². The van der Waals surface area contributed by atoms with Crippen molar-refractivity contribution in [1.29, 1.82) is 0 Å². The van der Waals surface area contributed by atoms with Crippen LogP contribution in [0.2, 0.25) is 0 Å². The van der Waals surface area contributed by atoms with E-state index in [9.17, 15) is 0 Å². The molecule has 1 aromatic heterocycles. The zero-order valence-corrected chi connectivity index (χ0v) is 6.87. The van der Waals surface area contributed by atoms with Crippen LogP contribution in [0, 0.1) is 0 Å². The lowest BCUT2D eigenvalue weighted by Gasteiger charge is -1.96. The summed E-state index contributed by atoms with van der Waals surface area (Å²) in [7, 11) is 3.48. The van der Waals surface area contributed by atoms with Gasteiger partial charge in [-0.15, -0.1) is 5.10 Å². The van der Waals surface area contributed by atoms with Gasteiger partial charge in [0.05, 0.1) is 7.11 Å². The minimum Gasteiger partial charge on any atom is -0.480 e. The van der Waals surface area contributed by atoms with Crippen molar-refractivity contribution in [3.05, 3.63) is 11.8 Å². The predicted octanol–water partition coefficient (Wildman–Crippen LogP) is -0.0701. The summed E-state index contributed by atoms with van der Waals surface area (Å²) < 4.78 is 6.76. The van der Waals surface area contributed by atoms with E-state index in [4.69, 9.17) is 10.5 Å². The van der Waals surface area contributed by atoms with Crippen molar-refractivity contribution < 1.29 is 4.74 Å². The molecule has 0 aliphatic rings. The van der Waals surface area contributed by atoms with E-state index < -0.39 is 0 Å². The first-order valence-electron chi connectivity index (χ1n) is 3.54. The van der Waals surface area contributed by atoms with Gasteiger partial charge < -0.3 is 10.5 Å². The third-order valence-electron chi connectivity index (χ3n) is 1.47. The van der Waals surface area contributed by atoms with Gasteiger partial charge in [0.25, 0.3) is 0 Å². The summed E-state index contributed by atoms with van der Waals surface area (Å²) in [6.07, 6.45) is 2.74. The van der Waals surface area contributed by atoms with Gasteiger partial charge in [-0.05, 0) is 13.0 Å². The number of methoxy groups -OCH3 is 1. The molecule has 0 unspecified atom stereocenters. The lowest BCUT2D eigenvalue weighted by Crippen LogP contribution is -2.02. The van der Waals surface area contributed by atoms with E-state index in [-0.39, 0.29) is 0 Å². The molecule has 0 amide bonds. The minimum atomic E-state index is 0.627. The minimum absolute atomic E-state index is 0.627. The Morgan fingerprint density at radius 1 is 1.73 bits per heavy atom. The summed E-state index contributed by atoms with van der Waals surface area (Å²) in [5, 5.41) is 4.09. The van der Waals surface area contributed by atoms with Crippen LogP contribution in [0.3, 0.4) is 0 Å². The van der Waals surface area contributed by atoms with Gasteiger partial charge in [0.2, 0.25) is 5.88 Å². The van der Waals surface area contributed by atoms with Crippen LogP contribution in [-0.4, -0.2) is 23.4 Å². The number of nitrogens with zero attached hydrogens (tertiary/aromatic N) is 2. The summed E-state index contributed by atoms with van der Waals surface area (Å²) in [5.74, 6) is 0.679. The molecule has 4 nitrogen and oxygen atoms in total. The Labute approximate surface area is 66.0 Å².